The lowest BCUT2D eigenvalue weighted by atomic mass is 9.98. The number of benzene rings is 1. The van der Waals surface area contributed by atoms with E-state index in [1.54, 1.807) is 12.1 Å². The molecule has 0 aliphatic carbocycles. The molecule has 22 heavy (non-hydrogen) atoms. The number of amides is 1. The molecule has 0 radical (unpaired) electrons. The Kier molecular flexibility index (Phi) is 5.57. The van der Waals surface area contributed by atoms with E-state index in [1.165, 1.54) is 11.3 Å². The fourth-order valence-corrected chi connectivity index (χ4v) is 3.33. The number of nitrogens with one attached hydrogen (secondary N) is 1. The van der Waals surface area contributed by atoms with Gasteiger partial charge in [0.1, 0.15) is 0 Å². The molecule has 1 amide bonds. The van der Waals surface area contributed by atoms with Crippen molar-refractivity contribution in [1.29, 1.82) is 0 Å². The van der Waals surface area contributed by atoms with E-state index in [0.717, 1.165) is 16.0 Å². The van der Waals surface area contributed by atoms with Crippen LogP contribution in [0.5, 0.6) is 0 Å². The van der Waals surface area contributed by atoms with Gasteiger partial charge < -0.3 is 10.4 Å². The molecule has 0 bridgehead atoms. The van der Waals surface area contributed by atoms with Gasteiger partial charge in [0.25, 0.3) is 0 Å². The van der Waals surface area contributed by atoms with Crippen LogP contribution in [0.4, 0.5) is 0 Å². The SMILES string of the molecule is Cc1ccccc1C(CC(=O)O)NC(=O)Cc1ccc(Cl)s1. The Balaban J connectivity index is 2.11. The zero-order chi connectivity index (χ0) is 16.1. The summed E-state index contributed by atoms with van der Waals surface area (Å²) in [5.74, 6) is -1.17. The smallest absolute Gasteiger partial charge is 0.305 e. The van der Waals surface area contributed by atoms with Crippen LogP contribution < -0.4 is 5.32 Å². The Hall–Kier alpha value is -1.85. The standard InChI is InChI=1S/C16H16ClNO3S/c1-10-4-2-3-5-12(10)13(9-16(20)21)18-15(19)8-11-6-7-14(17)22-11/h2-7,13H,8-9H2,1H3,(H,18,19)(H,20,21). The van der Waals surface area contributed by atoms with E-state index in [-0.39, 0.29) is 18.7 Å². The van der Waals surface area contributed by atoms with E-state index >= 15 is 0 Å². The van der Waals surface area contributed by atoms with Crippen molar-refractivity contribution in [3.8, 4) is 0 Å². The maximum absolute atomic E-state index is 12.2. The second-order valence-corrected chi connectivity index (χ2v) is 6.76. The van der Waals surface area contributed by atoms with E-state index in [4.69, 9.17) is 16.7 Å². The number of thiophene rings is 1. The largest absolute Gasteiger partial charge is 0.481 e. The quantitative estimate of drug-likeness (QED) is 0.846. The van der Waals surface area contributed by atoms with Crippen molar-refractivity contribution in [2.24, 2.45) is 0 Å². The first-order valence-electron chi connectivity index (χ1n) is 6.76. The first kappa shape index (κ1) is 16.5. The van der Waals surface area contributed by atoms with E-state index in [2.05, 4.69) is 5.32 Å². The number of aliphatic carboxylic acids is 1. The van der Waals surface area contributed by atoms with Crippen LogP contribution in [0, 0.1) is 6.92 Å². The van der Waals surface area contributed by atoms with Gasteiger partial charge >= 0.3 is 5.97 Å². The minimum absolute atomic E-state index is 0.151. The van der Waals surface area contributed by atoms with Gasteiger partial charge in [-0.1, -0.05) is 35.9 Å². The Labute approximate surface area is 137 Å². The predicted octanol–water partition coefficient (Wildman–Crippen LogP) is 3.58. The number of carboxylic acid groups (broad SMARTS) is 1. The van der Waals surface area contributed by atoms with Gasteiger partial charge in [0.2, 0.25) is 5.91 Å². The van der Waals surface area contributed by atoms with Crippen LogP contribution in [0.15, 0.2) is 36.4 Å². The summed E-state index contributed by atoms with van der Waals surface area (Å²) in [6.45, 7) is 1.90. The lowest BCUT2D eigenvalue weighted by molar-refractivity contribution is -0.137. The number of hydrogen-bond acceptors (Lipinski definition) is 3. The third-order valence-corrected chi connectivity index (χ3v) is 4.47. The Bertz CT molecular complexity index is 684. The van der Waals surface area contributed by atoms with Crippen molar-refractivity contribution in [3.05, 3.63) is 56.7 Å². The lowest BCUT2D eigenvalue weighted by Crippen LogP contribution is -2.31. The molecule has 0 spiro atoms. The number of hydrogen-bond donors (Lipinski definition) is 2. The monoisotopic (exact) mass is 337 g/mol. The van der Waals surface area contributed by atoms with Gasteiger partial charge in [0, 0.05) is 4.88 Å². The normalized spacial score (nSPS) is 11.9. The van der Waals surface area contributed by atoms with Gasteiger partial charge in [-0.15, -0.1) is 11.3 Å². The summed E-state index contributed by atoms with van der Waals surface area (Å²) in [6, 6.07) is 10.5. The predicted molar refractivity (Wildman–Crippen MR) is 87.3 cm³/mol. The number of rotatable bonds is 6. The minimum Gasteiger partial charge on any atom is -0.481 e. The Morgan fingerprint density at radius 1 is 1.27 bits per heavy atom. The first-order valence-corrected chi connectivity index (χ1v) is 7.96. The van der Waals surface area contributed by atoms with E-state index in [9.17, 15) is 9.59 Å². The molecule has 1 aromatic heterocycles. The van der Waals surface area contributed by atoms with Crippen molar-refractivity contribution >= 4 is 34.8 Å². The summed E-state index contributed by atoms with van der Waals surface area (Å²) in [7, 11) is 0. The number of aryl methyl sites for hydroxylation is 1. The zero-order valence-electron chi connectivity index (χ0n) is 12.0. The van der Waals surface area contributed by atoms with Crippen LogP contribution in [-0.2, 0) is 16.0 Å². The fourth-order valence-electron chi connectivity index (χ4n) is 2.24. The van der Waals surface area contributed by atoms with Crippen LogP contribution in [0.1, 0.15) is 28.5 Å². The molecular weight excluding hydrogens is 322 g/mol. The Morgan fingerprint density at radius 3 is 2.59 bits per heavy atom. The molecule has 116 valence electrons. The highest BCUT2D eigenvalue weighted by Gasteiger charge is 2.20. The molecule has 1 atom stereocenters. The van der Waals surface area contributed by atoms with Gasteiger partial charge in [-0.3, -0.25) is 9.59 Å². The van der Waals surface area contributed by atoms with E-state index < -0.39 is 12.0 Å². The van der Waals surface area contributed by atoms with Crippen LogP contribution in [-0.4, -0.2) is 17.0 Å². The molecule has 0 aliphatic rings. The minimum atomic E-state index is -0.951. The number of carbonyl (C=O) groups excluding carboxylic acids is 1. The molecule has 1 heterocycles. The summed E-state index contributed by atoms with van der Waals surface area (Å²) < 4.78 is 0.629. The zero-order valence-corrected chi connectivity index (χ0v) is 13.6. The molecule has 1 aromatic carbocycles. The second kappa shape index (κ2) is 7.42. The summed E-state index contributed by atoms with van der Waals surface area (Å²) >= 11 is 7.19. The molecule has 4 nitrogen and oxygen atoms in total. The summed E-state index contributed by atoms with van der Waals surface area (Å²) in [5.41, 5.74) is 1.77. The first-order chi connectivity index (χ1) is 10.5. The van der Waals surface area contributed by atoms with Crippen LogP contribution in [0.3, 0.4) is 0 Å². The van der Waals surface area contributed by atoms with Crippen molar-refractivity contribution in [2.45, 2.75) is 25.8 Å². The Morgan fingerprint density at radius 2 is 2.00 bits per heavy atom. The van der Waals surface area contributed by atoms with E-state index in [0.29, 0.717) is 4.34 Å². The topological polar surface area (TPSA) is 66.4 Å². The molecule has 0 fully saturated rings. The van der Waals surface area contributed by atoms with Crippen LogP contribution >= 0.6 is 22.9 Å². The van der Waals surface area contributed by atoms with E-state index in [1.807, 2.05) is 31.2 Å². The maximum Gasteiger partial charge on any atom is 0.305 e. The highest BCUT2D eigenvalue weighted by molar-refractivity contribution is 7.16. The molecule has 2 N–H and O–H groups in total. The molecule has 2 rings (SSSR count). The molecule has 0 saturated heterocycles. The summed E-state index contributed by atoms with van der Waals surface area (Å²) in [4.78, 5) is 24.1. The highest BCUT2D eigenvalue weighted by atomic mass is 35.5. The average molecular weight is 338 g/mol. The van der Waals surface area contributed by atoms with Crippen molar-refractivity contribution in [1.82, 2.24) is 5.32 Å². The van der Waals surface area contributed by atoms with Crippen molar-refractivity contribution in [2.75, 3.05) is 0 Å². The average Bonchev–Trinajstić information content (AvgIpc) is 2.83. The lowest BCUT2D eigenvalue weighted by Gasteiger charge is -2.19. The molecular formula is C16H16ClNO3S. The summed E-state index contributed by atoms with van der Waals surface area (Å²) in [5, 5.41) is 11.9. The third-order valence-electron chi connectivity index (χ3n) is 3.24. The van der Waals surface area contributed by atoms with Gasteiger partial charge in [0.05, 0.1) is 23.2 Å². The third kappa shape index (κ3) is 4.58. The number of halogens is 1. The molecule has 6 heteroatoms. The van der Waals surface area contributed by atoms with Crippen LogP contribution in [0.25, 0.3) is 0 Å². The van der Waals surface area contributed by atoms with Gasteiger partial charge in [-0.25, -0.2) is 0 Å². The maximum atomic E-state index is 12.2. The highest BCUT2D eigenvalue weighted by Crippen LogP contribution is 2.23. The number of carboxylic acids is 1. The molecule has 2 aromatic rings. The second-order valence-electron chi connectivity index (χ2n) is 4.96. The number of carbonyl (C=O) groups is 2. The van der Waals surface area contributed by atoms with Gasteiger partial charge in [0.15, 0.2) is 0 Å². The molecule has 1 unspecified atom stereocenters. The van der Waals surface area contributed by atoms with Crippen molar-refractivity contribution in [3.63, 3.8) is 0 Å². The van der Waals surface area contributed by atoms with Gasteiger partial charge in [-0.2, -0.15) is 0 Å². The molecule has 0 aliphatic heterocycles. The van der Waals surface area contributed by atoms with Crippen LogP contribution in [0.2, 0.25) is 4.34 Å². The fraction of sp³-hybridized carbons (Fsp3) is 0.250. The summed E-state index contributed by atoms with van der Waals surface area (Å²) in [6.07, 6.45) is 0.0428. The van der Waals surface area contributed by atoms with Gasteiger partial charge in [-0.05, 0) is 30.2 Å². The van der Waals surface area contributed by atoms with Crippen molar-refractivity contribution < 1.29 is 14.7 Å². The molecule has 0 saturated carbocycles.